The number of nitrogens with zero attached hydrogens (tertiary/aromatic N) is 2. The molecule has 0 saturated heterocycles. The summed E-state index contributed by atoms with van der Waals surface area (Å²) in [5.74, 6) is -1.11. The number of ether oxygens (including phenoxy) is 1. The molecule has 0 aliphatic carbocycles. The highest BCUT2D eigenvalue weighted by molar-refractivity contribution is 7.92. The van der Waals surface area contributed by atoms with Crippen LogP contribution < -0.4 is 4.31 Å². The van der Waals surface area contributed by atoms with Crippen molar-refractivity contribution in [3.63, 3.8) is 0 Å². The molecule has 8 nitrogen and oxygen atoms in total. The van der Waals surface area contributed by atoms with Gasteiger partial charge < -0.3 is 4.74 Å². The Bertz CT molecular complexity index is 661. The second kappa shape index (κ2) is 6.72. The maximum Gasteiger partial charge on any atom is 0.326 e. The van der Waals surface area contributed by atoms with Crippen LogP contribution in [0.25, 0.3) is 0 Å². The SMILES string of the molecule is CCS(=O)(=O)N(CC(=O)OC)c1cc([N+](=O)[O-])ccc1Cl. The molecule has 0 aliphatic heterocycles. The van der Waals surface area contributed by atoms with Gasteiger partial charge in [0.15, 0.2) is 0 Å². The standard InChI is InChI=1S/C11H13ClN2O6S/c1-3-21(18,19)13(7-11(15)20-2)10-6-8(14(16)17)4-5-9(10)12/h4-6H,3,7H2,1-2H3. The highest BCUT2D eigenvalue weighted by Gasteiger charge is 2.27. The molecule has 10 heteroatoms. The predicted octanol–water partition coefficient (Wildman–Crippen LogP) is 1.58. The van der Waals surface area contributed by atoms with Crippen LogP contribution in [0.5, 0.6) is 0 Å². The smallest absolute Gasteiger partial charge is 0.326 e. The van der Waals surface area contributed by atoms with Crippen molar-refractivity contribution in [2.24, 2.45) is 0 Å². The molecule has 0 amide bonds. The summed E-state index contributed by atoms with van der Waals surface area (Å²) in [6, 6.07) is 3.34. The van der Waals surface area contributed by atoms with Gasteiger partial charge in [0.2, 0.25) is 10.0 Å². The van der Waals surface area contributed by atoms with Crippen LogP contribution in [-0.2, 0) is 19.6 Å². The maximum absolute atomic E-state index is 12.1. The van der Waals surface area contributed by atoms with Crippen LogP contribution in [0.1, 0.15) is 6.92 Å². The summed E-state index contributed by atoms with van der Waals surface area (Å²) in [4.78, 5) is 21.5. The molecule has 0 N–H and O–H groups in total. The molecule has 0 bridgehead atoms. The Morgan fingerprint density at radius 1 is 1.48 bits per heavy atom. The Labute approximate surface area is 126 Å². The molecule has 0 atom stereocenters. The number of non-ortho nitro benzene ring substituents is 1. The monoisotopic (exact) mass is 336 g/mol. The topological polar surface area (TPSA) is 107 Å². The molecule has 0 spiro atoms. The quantitative estimate of drug-likeness (QED) is 0.443. The van der Waals surface area contributed by atoms with Gasteiger partial charge in [-0.3, -0.25) is 19.2 Å². The van der Waals surface area contributed by atoms with E-state index < -0.39 is 27.5 Å². The average molecular weight is 337 g/mol. The van der Waals surface area contributed by atoms with E-state index in [-0.39, 0.29) is 22.2 Å². The van der Waals surface area contributed by atoms with Gasteiger partial charge in [-0.05, 0) is 13.0 Å². The first-order chi connectivity index (χ1) is 9.72. The van der Waals surface area contributed by atoms with Gasteiger partial charge in [-0.2, -0.15) is 0 Å². The van der Waals surface area contributed by atoms with E-state index in [9.17, 15) is 23.3 Å². The Kier molecular flexibility index (Phi) is 5.50. The second-order valence-corrected chi connectivity index (χ2v) is 6.47. The third kappa shape index (κ3) is 4.05. The van der Waals surface area contributed by atoms with Crippen molar-refractivity contribution < 1.29 is 22.9 Å². The van der Waals surface area contributed by atoms with Crippen LogP contribution in [0.15, 0.2) is 18.2 Å². The fraction of sp³-hybridized carbons (Fsp3) is 0.364. The fourth-order valence-electron chi connectivity index (χ4n) is 1.48. The minimum Gasteiger partial charge on any atom is -0.468 e. The number of nitro benzene ring substituents is 1. The molecule has 116 valence electrons. The lowest BCUT2D eigenvalue weighted by atomic mass is 10.3. The predicted molar refractivity (Wildman–Crippen MR) is 76.9 cm³/mol. The Balaban J connectivity index is 3.42. The number of carbonyl (C=O) groups excluding carboxylic acids is 1. The normalized spacial score (nSPS) is 11.0. The molecular formula is C11H13ClN2O6S. The summed E-state index contributed by atoms with van der Waals surface area (Å²) in [7, 11) is -2.75. The summed E-state index contributed by atoms with van der Waals surface area (Å²) in [6.07, 6.45) is 0. The zero-order valence-electron chi connectivity index (χ0n) is 11.3. The summed E-state index contributed by atoms with van der Waals surface area (Å²) >= 11 is 5.90. The minimum absolute atomic E-state index is 0.0264. The summed E-state index contributed by atoms with van der Waals surface area (Å²) in [5, 5.41) is 10.8. The van der Waals surface area contributed by atoms with E-state index >= 15 is 0 Å². The van der Waals surface area contributed by atoms with E-state index in [2.05, 4.69) is 4.74 Å². The van der Waals surface area contributed by atoms with E-state index in [4.69, 9.17) is 11.6 Å². The van der Waals surface area contributed by atoms with Crippen molar-refractivity contribution in [3.05, 3.63) is 33.3 Å². The number of methoxy groups -OCH3 is 1. The van der Waals surface area contributed by atoms with Crippen LogP contribution in [0.3, 0.4) is 0 Å². The highest BCUT2D eigenvalue weighted by Crippen LogP contribution is 2.31. The van der Waals surface area contributed by atoms with Gasteiger partial charge >= 0.3 is 5.97 Å². The summed E-state index contributed by atoms with van der Waals surface area (Å²) < 4.78 is 29.3. The van der Waals surface area contributed by atoms with Gasteiger partial charge in [0.05, 0.1) is 28.5 Å². The molecular weight excluding hydrogens is 324 g/mol. The molecule has 0 aromatic heterocycles. The van der Waals surface area contributed by atoms with Crippen LogP contribution in [0.4, 0.5) is 11.4 Å². The van der Waals surface area contributed by atoms with E-state index in [0.29, 0.717) is 4.31 Å². The number of sulfonamides is 1. The largest absolute Gasteiger partial charge is 0.468 e. The number of esters is 1. The van der Waals surface area contributed by atoms with Crippen LogP contribution in [0.2, 0.25) is 5.02 Å². The zero-order chi connectivity index (χ0) is 16.2. The zero-order valence-corrected chi connectivity index (χ0v) is 12.8. The van der Waals surface area contributed by atoms with Gasteiger partial charge in [-0.15, -0.1) is 0 Å². The number of halogens is 1. The lowest BCUT2D eigenvalue weighted by Crippen LogP contribution is -2.37. The second-order valence-electron chi connectivity index (χ2n) is 3.88. The molecule has 1 rings (SSSR count). The van der Waals surface area contributed by atoms with Gasteiger partial charge in [0.25, 0.3) is 5.69 Å². The number of nitro groups is 1. The Hall–Kier alpha value is -1.87. The maximum atomic E-state index is 12.1. The van der Waals surface area contributed by atoms with E-state index in [1.165, 1.54) is 13.0 Å². The molecule has 0 aliphatic rings. The van der Waals surface area contributed by atoms with Crippen molar-refractivity contribution in [1.29, 1.82) is 0 Å². The van der Waals surface area contributed by atoms with E-state index in [1.54, 1.807) is 0 Å². The van der Waals surface area contributed by atoms with Crippen molar-refractivity contribution in [3.8, 4) is 0 Å². The lowest BCUT2D eigenvalue weighted by molar-refractivity contribution is -0.384. The van der Waals surface area contributed by atoms with Crippen molar-refractivity contribution in [2.45, 2.75) is 6.92 Å². The first-order valence-electron chi connectivity index (χ1n) is 5.74. The molecule has 0 unspecified atom stereocenters. The number of hydrogen-bond acceptors (Lipinski definition) is 6. The average Bonchev–Trinajstić information content (AvgIpc) is 2.44. The molecule has 0 heterocycles. The number of hydrogen-bond donors (Lipinski definition) is 0. The molecule has 1 aromatic carbocycles. The van der Waals surface area contributed by atoms with Crippen LogP contribution in [0, 0.1) is 10.1 Å². The number of benzene rings is 1. The van der Waals surface area contributed by atoms with Gasteiger partial charge in [0.1, 0.15) is 6.54 Å². The van der Waals surface area contributed by atoms with Crippen LogP contribution in [-0.4, -0.2) is 38.7 Å². The van der Waals surface area contributed by atoms with Crippen LogP contribution >= 0.6 is 11.6 Å². The number of anilines is 1. The van der Waals surface area contributed by atoms with Gasteiger partial charge in [-0.25, -0.2) is 8.42 Å². The third-order valence-corrected chi connectivity index (χ3v) is 4.66. The minimum atomic E-state index is -3.86. The van der Waals surface area contributed by atoms with Crippen molar-refractivity contribution in [2.75, 3.05) is 23.7 Å². The fourth-order valence-corrected chi connectivity index (χ4v) is 2.81. The first-order valence-corrected chi connectivity index (χ1v) is 7.72. The van der Waals surface area contributed by atoms with Crippen molar-refractivity contribution in [1.82, 2.24) is 0 Å². The number of carbonyl (C=O) groups is 1. The van der Waals surface area contributed by atoms with Crippen molar-refractivity contribution >= 4 is 39.0 Å². The number of rotatable bonds is 6. The molecule has 0 radical (unpaired) electrons. The molecule has 1 aromatic rings. The summed E-state index contributed by atoms with van der Waals surface area (Å²) in [5.41, 5.74) is -0.478. The van der Waals surface area contributed by atoms with E-state index in [1.807, 2.05) is 0 Å². The van der Waals surface area contributed by atoms with Gasteiger partial charge in [-0.1, -0.05) is 11.6 Å². The van der Waals surface area contributed by atoms with Gasteiger partial charge in [0, 0.05) is 12.1 Å². The lowest BCUT2D eigenvalue weighted by Gasteiger charge is -2.23. The first kappa shape index (κ1) is 17.2. The Morgan fingerprint density at radius 2 is 2.10 bits per heavy atom. The van der Waals surface area contributed by atoms with E-state index in [0.717, 1.165) is 19.2 Å². The molecule has 0 saturated carbocycles. The molecule has 0 fully saturated rings. The summed E-state index contributed by atoms with van der Waals surface area (Å²) in [6.45, 7) is 0.762. The Morgan fingerprint density at radius 3 is 2.57 bits per heavy atom. The third-order valence-electron chi connectivity index (χ3n) is 2.61. The highest BCUT2D eigenvalue weighted by atomic mass is 35.5. The molecule has 21 heavy (non-hydrogen) atoms.